The molecule has 1 aliphatic rings. The highest BCUT2D eigenvalue weighted by Crippen LogP contribution is 2.30. The van der Waals surface area contributed by atoms with Crippen molar-refractivity contribution in [3.05, 3.63) is 52.5 Å². The van der Waals surface area contributed by atoms with Crippen LogP contribution in [-0.2, 0) is 6.54 Å². The first-order valence-electron chi connectivity index (χ1n) is 8.70. The predicted molar refractivity (Wildman–Crippen MR) is 110 cm³/mol. The third-order valence-electron chi connectivity index (χ3n) is 4.54. The first-order chi connectivity index (χ1) is 13.1. The van der Waals surface area contributed by atoms with Gasteiger partial charge in [-0.25, -0.2) is 9.67 Å². The minimum Gasteiger partial charge on any atom is -0.286 e. The van der Waals surface area contributed by atoms with E-state index in [9.17, 15) is 4.79 Å². The molecule has 138 valence electrons. The van der Waals surface area contributed by atoms with Gasteiger partial charge in [0.1, 0.15) is 5.52 Å². The molecule has 1 aliphatic heterocycles. The quantitative estimate of drug-likeness (QED) is 0.659. The smallest absolute Gasteiger partial charge is 0.259 e. The minimum absolute atomic E-state index is 0.0774. The van der Waals surface area contributed by atoms with E-state index in [1.165, 1.54) is 0 Å². The lowest BCUT2D eigenvalue weighted by Gasteiger charge is -2.16. The van der Waals surface area contributed by atoms with Gasteiger partial charge in [0, 0.05) is 29.4 Å². The minimum atomic E-state index is -0.0774. The number of hydrogen-bond donors (Lipinski definition) is 0. The van der Waals surface area contributed by atoms with Crippen molar-refractivity contribution in [1.82, 2.24) is 19.9 Å². The Labute approximate surface area is 166 Å². The highest BCUT2D eigenvalue weighted by molar-refractivity contribution is 8.14. The van der Waals surface area contributed by atoms with E-state index in [1.807, 2.05) is 48.9 Å². The Morgan fingerprint density at radius 2 is 2.19 bits per heavy atom. The molecule has 1 fully saturated rings. The van der Waals surface area contributed by atoms with Crippen molar-refractivity contribution in [2.24, 2.45) is 4.99 Å². The Morgan fingerprint density at radius 3 is 3.00 bits per heavy atom. The summed E-state index contributed by atoms with van der Waals surface area (Å²) >= 11 is 7.77. The Balaban J connectivity index is 1.66. The number of thioether (sulfide) groups is 1. The Hall–Kier alpha value is -2.38. The summed E-state index contributed by atoms with van der Waals surface area (Å²) in [6.07, 6.45) is 0. The second-order valence-corrected chi connectivity index (χ2v) is 7.66. The van der Waals surface area contributed by atoms with E-state index < -0.39 is 0 Å². The molecule has 2 aromatic carbocycles. The molecular formula is C19H18ClN5OS. The molecule has 0 N–H and O–H groups in total. The zero-order chi connectivity index (χ0) is 19.0. The Kier molecular flexibility index (Phi) is 4.88. The van der Waals surface area contributed by atoms with E-state index in [4.69, 9.17) is 16.6 Å². The molecule has 0 spiro atoms. The van der Waals surface area contributed by atoms with E-state index in [2.05, 4.69) is 10.3 Å². The Morgan fingerprint density at radius 1 is 1.33 bits per heavy atom. The first kappa shape index (κ1) is 18.0. The standard InChI is InChI=1S/C19H18ClN5OS/c1-3-25-17-8-7-13(11-16(17)22-23-25)18(26)24-9-10-27-19(24)21-15-6-4-5-14(20)12(15)2/h4-8,11H,3,9-10H2,1-2H3. The summed E-state index contributed by atoms with van der Waals surface area (Å²) in [5, 5.41) is 9.63. The highest BCUT2D eigenvalue weighted by atomic mass is 35.5. The van der Waals surface area contributed by atoms with Gasteiger partial charge in [-0.1, -0.05) is 34.6 Å². The van der Waals surface area contributed by atoms with E-state index in [1.54, 1.807) is 22.7 Å². The van der Waals surface area contributed by atoms with E-state index >= 15 is 0 Å². The molecule has 6 nitrogen and oxygen atoms in total. The molecular weight excluding hydrogens is 382 g/mol. The van der Waals surface area contributed by atoms with Gasteiger partial charge in [0.2, 0.25) is 0 Å². The van der Waals surface area contributed by atoms with Crippen molar-refractivity contribution in [2.75, 3.05) is 12.3 Å². The number of rotatable bonds is 3. The molecule has 0 atom stereocenters. The van der Waals surface area contributed by atoms with Crippen LogP contribution in [0.5, 0.6) is 0 Å². The predicted octanol–water partition coefficient (Wildman–Crippen LogP) is 4.29. The summed E-state index contributed by atoms with van der Waals surface area (Å²) in [6.45, 7) is 5.30. The summed E-state index contributed by atoms with van der Waals surface area (Å²) in [4.78, 5) is 19.5. The summed E-state index contributed by atoms with van der Waals surface area (Å²) < 4.78 is 1.81. The van der Waals surface area contributed by atoms with Gasteiger partial charge < -0.3 is 0 Å². The first-order valence-corrected chi connectivity index (χ1v) is 10.1. The van der Waals surface area contributed by atoms with Crippen LogP contribution in [-0.4, -0.2) is 43.3 Å². The van der Waals surface area contributed by atoms with E-state index in [0.29, 0.717) is 22.3 Å². The number of nitrogens with zero attached hydrogens (tertiary/aromatic N) is 5. The lowest BCUT2D eigenvalue weighted by molar-refractivity contribution is 0.0859. The lowest BCUT2D eigenvalue weighted by atomic mass is 10.1. The van der Waals surface area contributed by atoms with Gasteiger partial charge in [-0.2, -0.15) is 0 Å². The molecule has 27 heavy (non-hydrogen) atoms. The second-order valence-electron chi connectivity index (χ2n) is 6.19. The fourth-order valence-electron chi connectivity index (χ4n) is 3.00. The van der Waals surface area contributed by atoms with Crippen molar-refractivity contribution in [1.29, 1.82) is 0 Å². The molecule has 1 amide bonds. The number of aliphatic imine (C=N–C) groups is 1. The van der Waals surface area contributed by atoms with Crippen LogP contribution < -0.4 is 0 Å². The van der Waals surface area contributed by atoms with Gasteiger partial charge in [-0.15, -0.1) is 5.10 Å². The van der Waals surface area contributed by atoms with Gasteiger partial charge in [-0.05, 0) is 49.7 Å². The van der Waals surface area contributed by atoms with Gasteiger partial charge in [-0.3, -0.25) is 9.69 Å². The van der Waals surface area contributed by atoms with Crippen LogP contribution in [0.2, 0.25) is 5.02 Å². The topological polar surface area (TPSA) is 63.4 Å². The average Bonchev–Trinajstić information content (AvgIpc) is 3.30. The van der Waals surface area contributed by atoms with Crippen molar-refractivity contribution in [2.45, 2.75) is 20.4 Å². The molecule has 0 aliphatic carbocycles. The second kappa shape index (κ2) is 7.32. The normalized spacial score (nSPS) is 15.8. The largest absolute Gasteiger partial charge is 0.286 e. The van der Waals surface area contributed by atoms with Crippen LogP contribution in [0.1, 0.15) is 22.8 Å². The number of benzene rings is 2. The van der Waals surface area contributed by atoms with Crippen LogP contribution in [0.4, 0.5) is 5.69 Å². The molecule has 1 aromatic heterocycles. The van der Waals surface area contributed by atoms with Crippen LogP contribution >= 0.6 is 23.4 Å². The van der Waals surface area contributed by atoms with Crippen molar-refractivity contribution < 1.29 is 4.79 Å². The number of carbonyl (C=O) groups excluding carboxylic acids is 1. The van der Waals surface area contributed by atoms with Crippen LogP contribution in [0.3, 0.4) is 0 Å². The molecule has 8 heteroatoms. The number of fused-ring (bicyclic) bond motifs is 1. The third kappa shape index (κ3) is 3.33. The maximum Gasteiger partial charge on any atom is 0.259 e. The highest BCUT2D eigenvalue weighted by Gasteiger charge is 2.27. The summed E-state index contributed by atoms with van der Waals surface area (Å²) in [7, 11) is 0. The molecule has 4 rings (SSSR count). The summed E-state index contributed by atoms with van der Waals surface area (Å²) in [6, 6.07) is 11.1. The van der Waals surface area contributed by atoms with E-state index in [-0.39, 0.29) is 5.91 Å². The van der Waals surface area contributed by atoms with Crippen LogP contribution in [0.25, 0.3) is 11.0 Å². The third-order valence-corrected chi connectivity index (χ3v) is 5.90. The summed E-state index contributed by atoms with van der Waals surface area (Å²) in [5.41, 5.74) is 3.92. The van der Waals surface area contributed by atoms with Crippen LogP contribution in [0.15, 0.2) is 41.4 Å². The zero-order valence-corrected chi connectivity index (χ0v) is 16.6. The average molecular weight is 400 g/mol. The number of amides is 1. The van der Waals surface area contributed by atoms with Crippen molar-refractivity contribution in [3.8, 4) is 0 Å². The molecule has 0 saturated carbocycles. The van der Waals surface area contributed by atoms with Gasteiger partial charge >= 0.3 is 0 Å². The number of aryl methyl sites for hydroxylation is 1. The van der Waals surface area contributed by atoms with Crippen molar-refractivity contribution in [3.63, 3.8) is 0 Å². The molecule has 1 saturated heterocycles. The number of aromatic nitrogens is 3. The van der Waals surface area contributed by atoms with Gasteiger partial charge in [0.05, 0.1) is 11.2 Å². The lowest BCUT2D eigenvalue weighted by Crippen LogP contribution is -2.31. The molecule has 3 aromatic rings. The van der Waals surface area contributed by atoms with E-state index in [0.717, 1.165) is 34.6 Å². The molecule has 2 heterocycles. The Bertz CT molecular complexity index is 1060. The van der Waals surface area contributed by atoms with Crippen LogP contribution in [0, 0.1) is 6.92 Å². The molecule has 0 unspecified atom stereocenters. The number of amidine groups is 1. The monoisotopic (exact) mass is 399 g/mol. The molecule has 0 bridgehead atoms. The zero-order valence-electron chi connectivity index (χ0n) is 15.0. The van der Waals surface area contributed by atoms with Gasteiger partial charge in [0.15, 0.2) is 5.17 Å². The number of carbonyl (C=O) groups is 1. The van der Waals surface area contributed by atoms with Crippen molar-refractivity contribution >= 4 is 51.2 Å². The summed E-state index contributed by atoms with van der Waals surface area (Å²) in [5.74, 6) is 0.740. The fraction of sp³-hybridized carbons (Fsp3) is 0.263. The van der Waals surface area contributed by atoms with Gasteiger partial charge in [0.25, 0.3) is 5.91 Å². The maximum atomic E-state index is 13.1. The molecule has 0 radical (unpaired) electrons. The number of halogens is 1. The maximum absolute atomic E-state index is 13.1. The SMILES string of the molecule is CCn1nnc2cc(C(=O)N3CCSC3=Nc3cccc(Cl)c3C)ccc21. The fourth-order valence-corrected chi connectivity index (χ4v) is 4.12. The number of hydrogen-bond acceptors (Lipinski definition) is 5.